The van der Waals surface area contributed by atoms with Gasteiger partial charge in [-0.25, -0.2) is 0 Å². The Morgan fingerprint density at radius 3 is 2.88 bits per heavy atom. The number of benzene rings is 1. The second-order valence-corrected chi connectivity index (χ2v) is 7.10. The van der Waals surface area contributed by atoms with Crippen molar-refractivity contribution in [3.63, 3.8) is 0 Å². The normalized spacial score (nSPS) is 25.8. The largest absolute Gasteiger partial charge is 0.370 e. The second-order valence-electron chi connectivity index (χ2n) is 7.10. The summed E-state index contributed by atoms with van der Waals surface area (Å²) < 4.78 is 11.9. The van der Waals surface area contributed by atoms with Gasteiger partial charge in [0.2, 0.25) is 5.91 Å². The number of rotatable bonds is 4. The highest BCUT2D eigenvalue weighted by molar-refractivity contribution is 5.76. The van der Waals surface area contributed by atoms with Gasteiger partial charge in [-0.2, -0.15) is 5.26 Å². The molecule has 0 radical (unpaired) electrons. The van der Waals surface area contributed by atoms with Gasteiger partial charge < -0.3 is 19.3 Å². The fraction of sp³-hybridized carbons (Fsp3) is 0.579. The van der Waals surface area contributed by atoms with Crippen LogP contribution in [0.4, 0.5) is 5.69 Å². The molecule has 0 N–H and O–H groups in total. The summed E-state index contributed by atoms with van der Waals surface area (Å²) in [6, 6.07) is 9.85. The number of ether oxygens (including phenoxy) is 2. The number of likely N-dealkylation sites (N-methyl/N-ethyl adjacent to an activating group) is 1. The SMILES string of the molecule is CN(C)C(=O)COC1COC2(CCCN(c3ccc(C#N)cc3)C2)C1. The number of amides is 1. The third-order valence-corrected chi connectivity index (χ3v) is 5.02. The monoisotopic (exact) mass is 343 g/mol. The van der Waals surface area contributed by atoms with E-state index in [2.05, 4.69) is 11.0 Å². The smallest absolute Gasteiger partial charge is 0.248 e. The fourth-order valence-electron chi connectivity index (χ4n) is 3.58. The van der Waals surface area contributed by atoms with Gasteiger partial charge in [0.25, 0.3) is 0 Å². The van der Waals surface area contributed by atoms with E-state index in [0.29, 0.717) is 12.2 Å². The van der Waals surface area contributed by atoms with E-state index in [9.17, 15) is 4.79 Å². The lowest BCUT2D eigenvalue weighted by Gasteiger charge is -2.41. The molecule has 1 aromatic carbocycles. The number of carbonyl (C=O) groups excluding carboxylic acids is 1. The second kappa shape index (κ2) is 7.42. The van der Waals surface area contributed by atoms with Crippen LogP contribution in [-0.4, -0.2) is 62.9 Å². The van der Waals surface area contributed by atoms with Crippen LogP contribution in [0.2, 0.25) is 0 Å². The molecule has 1 aromatic rings. The van der Waals surface area contributed by atoms with E-state index < -0.39 is 0 Å². The molecule has 0 aliphatic carbocycles. The van der Waals surface area contributed by atoms with Crippen LogP contribution in [0.3, 0.4) is 0 Å². The van der Waals surface area contributed by atoms with Crippen molar-refractivity contribution in [3.8, 4) is 6.07 Å². The summed E-state index contributed by atoms with van der Waals surface area (Å²) in [4.78, 5) is 15.5. The number of nitrogens with zero attached hydrogens (tertiary/aromatic N) is 3. The molecule has 0 bridgehead atoms. The van der Waals surface area contributed by atoms with Crippen molar-refractivity contribution < 1.29 is 14.3 Å². The molecule has 6 heteroatoms. The number of piperidine rings is 1. The first-order chi connectivity index (χ1) is 12.0. The summed E-state index contributed by atoms with van der Waals surface area (Å²) in [5, 5.41) is 8.93. The molecule has 2 atom stereocenters. The molecular formula is C19H25N3O3. The van der Waals surface area contributed by atoms with Gasteiger partial charge in [-0.1, -0.05) is 0 Å². The van der Waals surface area contributed by atoms with Crippen LogP contribution in [0.15, 0.2) is 24.3 Å². The van der Waals surface area contributed by atoms with E-state index in [0.717, 1.165) is 38.0 Å². The Balaban J connectivity index is 1.59. The molecule has 6 nitrogen and oxygen atoms in total. The van der Waals surface area contributed by atoms with Crippen LogP contribution < -0.4 is 4.90 Å². The maximum Gasteiger partial charge on any atom is 0.248 e. The molecular weight excluding hydrogens is 318 g/mol. The molecule has 134 valence electrons. The van der Waals surface area contributed by atoms with Crippen LogP contribution in [0.5, 0.6) is 0 Å². The lowest BCUT2D eigenvalue weighted by molar-refractivity contribution is -0.135. The van der Waals surface area contributed by atoms with Crippen molar-refractivity contribution in [1.29, 1.82) is 5.26 Å². The minimum Gasteiger partial charge on any atom is -0.370 e. The van der Waals surface area contributed by atoms with Gasteiger partial charge in [-0.05, 0) is 37.1 Å². The molecule has 3 rings (SSSR count). The molecule has 2 heterocycles. The molecule has 0 aromatic heterocycles. The summed E-state index contributed by atoms with van der Waals surface area (Å²) in [5.74, 6) is -0.0243. The highest BCUT2D eigenvalue weighted by Crippen LogP contribution is 2.37. The molecule has 2 fully saturated rings. The van der Waals surface area contributed by atoms with E-state index in [4.69, 9.17) is 14.7 Å². The van der Waals surface area contributed by atoms with E-state index in [-0.39, 0.29) is 24.2 Å². The summed E-state index contributed by atoms with van der Waals surface area (Å²) >= 11 is 0. The lowest BCUT2D eigenvalue weighted by atomic mass is 9.89. The third kappa shape index (κ3) is 4.12. The summed E-state index contributed by atoms with van der Waals surface area (Å²) in [6.07, 6.45) is 2.87. The number of hydrogen-bond acceptors (Lipinski definition) is 5. The molecule has 0 saturated carbocycles. The van der Waals surface area contributed by atoms with E-state index in [1.165, 1.54) is 0 Å². The third-order valence-electron chi connectivity index (χ3n) is 5.02. The van der Waals surface area contributed by atoms with Crippen LogP contribution in [0.25, 0.3) is 0 Å². The Bertz CT molecular complexity index is 653. The molecule has 2 unspecified atom stereocenters. The molecule has 1 spiro atoms. The van der Waals surface area contributed by atoms with Gasteiger partial charge in [0.15, 0.2) is 0 Å². The van der Waals surface area contributed by atoms with Gasteiger partial charge >= 0.3 is 0 Å². The number of anilines is 1. The van der Waals surface area contributed by atoms with Crippen molar-refractivity contribution in [2.24, 2.45) is 0 Å². The van der Waals surface area contributed by atoms with Crippen molar-refractivity contribution in [2.45, 2.75) is 31.0 Å². The van der Waals surface area contributed by atoms with Crippen LogP contribution in [0.1, 0.15) is 24.8 Å². The topological polar surface area (TPSA) is 65.8 Å². The van der Waals surface area contributed by atoms with Gasteiger partial charge in [0.05, 0.1) is 29.9 Å². The predicted octanol–water partition coefficient (Wildman–Crippen LogP) is 1.79. The molecule has 25 heavy (non-hydrogen) atoms. The molecule has 1 amide bonds. The summed E-state index contributed by atoms with van der Waals surface area (Å²) in [5.41, 5.74) is 1.60. The average molecular weight is 343 g/mol. The minimum atomic E-state index is -0.196. The van der Waals surface area contributed by atoms with Gasteiger partial charge in [0.1, 0.15) is 6.61 Å². The first kappa shape index (κ1) is 17.7. The first-order valence-corrected chi connectivity index (χ1v) is 8.72. The fourth-order valence-corrected chi connectivity index (χ4v) is 3.58. The van der Waals surface area contributed by atoms with Crippen LogP contribution in [0, 0.1) is 11.3 Å². The Labute approximate surface area is 148 Å². The zero-order valence-electron chi connectivity index (χ0n) is 14.9. The van der Waals surface area contributed by atoms with Crippen molar-refractivity contribution in [2.75, 3.05) is 45.3 Å². The highest BCUT2D eigenvalue weighted by atomic mass is 16.6. The minimum absolute atomic E-state index is 0.0233. The van der Waals surface area contributed by atoms with Crippen LogP contribution >= 0.6 is 0 Å². The standard InChI is InChI=1S/C19H25N3O3/c1-21(2)18(23)13-24-17-10-19(25-12-17)8-3-9-22(14-19)16-6-4-15(11-20)5-7-16/h4-7,17H,3,8-10,12-14H2,1-2H3. The Hall–Kier alpha value is -2.10. The predicted molar refractivity (Wildman–Crippen MR) is 94.3 cm³/mol. The van der Waals surface area contributed by atoms with Gasteiger partial charge in [-0.3, -0.25) is 4.79 Å². The number of carbonyl (C=O) groups is 1. The molecule has 2 saturated heterocycles. The first-order valence-electron chi connectivity index (χ1n) is 8.72. The highest BCUT2D eigenvalue weighted by Gasteiger charge is 2.44. The number of nitriles is 1. The quantitative estimate of drug-likeness (QED) is 0.834. The van der Waals surface area contributed by atoms with Crippen molar-refractivity contribution in [3.05, 3.63) is 29.8 Å². The molecule has 2 aliphatic rings. The van der Waals surface area contributed by atoms with E-state index in [1.807, 2.05) is 24.3 Å². The average Bonchev–Trinajstić information content (AvgIpc) is 3.01. The maximum atomic E-state index is 11.7. The Morgan fingerprint density at radius 1 is 1.44 bits per heavy atom. The van der Waals surface area contributed by atoms with E-state index >= 15 is 0 Å². The van der Waals surface area contributed by atoms with Gasteiger partial charge in [0, 0.05) is 39.3 Å². The van der Waals surface area contributed by atoms with E-state index in [1.54, 1.807) is 19.0 Å². The summed E-state index contributed by atoms with van der Waals surface area (Å²) in [6.45, 7) is 2.46. The Kier molecular flexibility index (Phi) is 5.26. The van der Waals surface area contributed by atoms with Crippen molar-refractivity contribution in [1.82, 2.24) is 4.90 Å². The Morgan fingerprint density at radius 2 is 2.20 bits per heavy atom. The maximum absolute atomic E-state index is 11.7. The van der Waals surface area contributed by atoms with Crippen LogP contribution in [-0.2, 0) is 14.3 Å². The van der Waals surface area contributed by atoms with Crippen molar-refractivity contribution >= 4 is 11.6 Å². The lowest BCUT2D eigenvalue weighted by Crippen LogP contribution is -2.48. The zero-order valence-corrected chi connectivity index (χ0v) is 14.9. The summed E-state index contributed by atoms with van der Waals surface area (Å²) in [7, 11) is 3.46. The zero-order chi connectivity index (χ0) is 17.9. The number of hydrogen-bond donors (Lipinski definition) is 0. The van der Waals surface area contributed by atoms with Gasteiger partial charge in [-0.15, -0.1) is 0 Å². The molecule has 2 aliphatic heterocycles.